The molecular weight excluding hydrogens is 419 g/mol. The molecule has 0 aliphatic heterocycles. The maximum absolute atomic E-state index is 13.1. The Balaban J connectivity index is 1.61. The Hall–Kier alpha value is -2.54. The van der Waals surface area contributed by atoms with Crippen molar-refractivity contribution in [1.82, 2.24) is 9.47 Å². The minimum absolute atomic E-state index is 0.276. The third-order valence-corrected chi connectivity index (χ3v) is 6.37. The molecule has 0 unspecified atom stereocenters. The van der Waals surface area contributed by atoms with E-state index >= 15 is 0 Å². The smallest absolute Gasteiger partial charge is 0.350 e. The zero-order valence-electron chi connectivity index (χ0n) is 17.5. The monoisotopic (exact) mass is 445 g/mol. The van der Waals surface area contributed by atoms with E-state index < -0.39 is 11.7 Å². The van der Waals surface area contributed by atoms with Crippen molar-refractivity contribution in [2.45, 2.75) is 50.9 Å². The highest BCUT2D eigenvalue weighted by atomic mass is 32.1. The summed E-state index contributed by atoms with van der Waals surface area (Å²) in [5.74, 6) is 0. The third kappa shape index (κ3) is 4.87. The van der Waals surface area contributed by atoms with Crippen LogP contribution < -0.4 is 5.32 Å². The minimum atomic E-state index is -4.38. The van der Waals surface area contributed by atoms with Crippen LogP contribution in [0.1, 0.15) is 43.2 Å². The van der Waals surface area contributed by atoms with Crippen molar-refractivity contribution in [3.8, 4) is 0 Å². The second kappa shape index (κ2) is 8.91. The second-order valence-corrected chi connectivity index (χ2v) is 8.60. The van der Waals surface area contributed by atoms with Crippen molar-refractivity contribution in [3.63, 3.8) is 0 Å². The molecule has 4 rings (SSSR count). The highest BCUT2D eigenvalue weighted by Gasteiger charge is 2.31. The van der Waals surface area contributed by atoms with Gasteiger partial charge in [0, 0.05) is 42.4 Å². The molecule has 1 aliphatic carbocycles. The van der Waals surface area contributed by atoms with Crippen molar-refractivity contribution < 1.29 is 13.2 Å². The molecule has 1 fully saturated rings. The van der Waals surface area contributed by atoms with Crippen LogP contribution in [0.3, 0.4) is 0 Å². The summed E-state index contributed by atoms with van der Waals surface area (Å²) in [4.78, 5) is 2.16. The quantitative estimate of drug-likeness (QED) is 0.450. The molecule has 3 nitrogen and oxygen atoms in total. The lowest BCUT2D eigenvalue weighted by Gasteiger charge is -2.36. The summed E-state index contributed by atoms with van der Waals surface area (Å²) in [5.41, 5.74) is 1.99. The number of rotatable bonds is 4. The van der Waals surface area contributed by atoms with Crippen LogP contribution in [-0.4, -0.2) is 20.6 Å². The second-order valence-electron chi connectivity index (χ2n) is 8.21. The Morgan fingerprint density at radius 3 is 2.58 bits per heavy atom. The normalized spacial score (nSPS) is 15.2. The molecule has 3 aromatic rings. The van der Waals surface area contributed by atoms with E-state index in [-0.39, 0.29) is 6.04 Å². The fourth-order valence-corrected chi connectivity index (χ4v) is 4.79. The number of fused-ring (bicyclic) bond motifs is 1. The topological polar surface area (TPSA) is 20.2 Å². The number of alkyl halides is 3. The third-order valence-electron chi connectivity index (χ3n) is 6.04. The van der Waals surface area contributed by atoms with Crippen LogP contribution in [0.4, 0.5) is 18.9 Å². The van der Waals surface area contributed by atoms with E-state index in [9.17, 15) is 13.2 Å². The number of hydrogen-bond donors (Lipinski definition) is 1. The van der Waals surface area contributed by atoms with Crippen LogP contribution in [0.2, 0.25) is 0 Å². The average molecular weight is 446 g/mol. The number of benzene rings is 2. The number of nitrogens with one attached hydrogen (secondary N) is 1. The lowest BCUT2D eigenvalue weighted by atomic mass is 9.94. The first-order valence-corrected chi connectivity index (χ1v) is 11.0. The predicted octanol–water partition coefficient (Wildman–Crippen LogP) is 6.73. The van der Waals surface area contributed by atoms with Gasteiger partial charge in [-0.3, -0.25) is 0 Å². The fraction of sp³-hybridized carbons (Fsp3) is 0.375. The highest BCUT2D eigenvalue weighted by Crippen LogP contribution is 2.32. The number of thiocarbonyl (C=S) groups is 1. The van der Waals surface area contributed by atoms with Gasteiger partial charge >= 0.3 is 6.18 Å². The van der Waals surface area contributed by atoms with Gasteiger partial charge in [-0.2, -0.15) is 13.2 Å². The van der Waals surface area contributed by atoms with Gasteiger partial charge in [0.05, 0.1) is 5.56 Å². The molecule has 0 atom stereocenters. The first-order valence-electron chi connectivity index (χ1n) is 10.6. The van der Waals surface area contributed by atoms with Crippen LogP contribution in [0.15, 0.2) is 54.7 Å². The molecule has 2 aromatic carbocycles. The van der Waals surface area contributed by atoms with Gasteiger partial charge in [0.1, 0.15) is 0 Å². The Morgan fingerprint density at radius 1 is 1.10 bits per heavy atom. The number of para-hydroxylation sites is 1. The summed E-state index contributed by atoms with van der Waals surface area (Å²) in [5, 5.41) is 4.72. The summed E-state index contributed by atoms with van der Waals surface area (Å²) in [6, 6.07) is 13.7. The van der Waals surface area contributed by atoms with Crippen molar-refractivity contribution in [2.24, 2.45) is 7.05 Å². The average Bonchev–Trinajstić information content (AvgIpc) is 3.08. The maximum Gasteiger partial charge on any atom is 0.416 e. The van der Waals surface area contributed by atoms with Gasteiger partial charge in [-0.1, -0.05) is 43.5 Å². The van der Waals surface area contributed by atoms with Crippen LogP contribution in [-0.2, 0) is 19.8 Å². The van der Waals surface area contributed by atoms with Crippen molar-refractivity contribution in [2.75, 3.05) is 5.32 Å². The molecule has 7 heteroatoms. The zero-order chi connectivity index (χ0) is 22.0. The van der Waals surface area contributed by atoms with Crippen molar-refractivity contribution in [3.05, 3.63) is 65.9 Å². The van der Waals surface area contributed by atoms with E-state index in [0.717, 1.165) is 48.9 Å². The van der Waals surface area contributed by atoms with Crippen molar-refractivity contribution >= 4 is 33.9 Å². The SMILES string of the molecule is Cn1cc(CN(C(=S)Nc2cccc(C(F)(F)F)c2)C2CCCCC2)c2ccccc21. The number of nitrogens with zero attached hydrogens (tertiary/aromatic N) is 2. The standard InChI is InChI=1S/C24H26F3N3S/c1-29-15-17(21-12-5-6-13-22(21)29)16-30(20-10-3-2-4-11-20)23(31)28-19-9-7-8-18(14-19)24(25,26)27/h5-9,12-15,20H,2-4,10-11,16H2,1H3,(H,28,31). The molecule has 1 aromatic heterocycles. The van der Waals surface area contributed by atoms with Gasteiger partial charge in [0.25, 0.3) is 0 Å². The van der Waals surface area contributed by atoms with E-state index in [1.807, 2.05) is 19.2 Å². The zero-order valence-corrected chi connectivity index (χ0v) is 18.3. The van der Waals surface area contributed by atoms with Gasteiger partial charge in [0.15, 0.2) is 5.11 Å². The summed E-state index contributed by atoms with van der Waals surface area (Å²) in [6.45, 7) is 0.622. The van der Waals surface area contributed by atoms with Crippen LogP contribution in [0, 0.1) is 0 Å². The molecule has 31 heavy (non-hydrogen) atoms. The first kappa shape index (κ1) is 21.7. The van der Waals surface area contributed by atoms with E-state index in [4.69, 9.17) is 12.2 Å². The summed E-state index contributed by atoms with van der Waals surface area (Å²) in [6.07, 6.45) is 3.31. The lowest BCUT2D eigenvalue weighted by Crippen LogP contribution is -2.43. The van der Waals surface area contributed by atoms with Crippen molar-refractivity contribution in [1.29, 1.82) is 0 Å². The van der Waals surface area contributed by atoms with Gasteiger partial charge < -0.3 is 14.8 Å². The maximum atomic E-state index is 13.1. The number of anilines is 1. The fourth-order valence-electron chi connectivity index (χ4n) is 4.46. The number of hydrogen-bond acceptors (Lipinski definition) is 1. The van der Waals surface area contributed by atoms with Crippen LogP contribution >= 0.6 is 12.2 Å². The molecular formula is C24H26F3N3S. The summed E-state index contributed by atoms with van der Waals surface area (Å²) in [7, 11) is 2.02. The number of halogens is 3. The van der Waals surface area contributed by atoms with E-state index in [1.165, 1.54) is 17.9 Å². The van der Waals surface area contributed by atoms with Crippen LogP contribution in [0.5, 0.6) is 0 Å². The Labute approximate surface area is 185 Å². The minimum Gasteiger partial charge on any atom is -0.350 e. The van der Waals surface area contributed by atoms with E-state index in [2.05, 4.69) is 33.1 Å². The van der Waals surface area contributed by atoms with Gasteiger partial charge in [-0.05, 0) is 54.9 Å². The molecule has 0 amide bonds. The molecule has 1 N–H and O–H groups in total. The van der Waals surface area contributed by atoms with Gasteiger partial charge in [0.2, 0.25) is 0 Å². The molecule has 1 aliphatic rings. The Morgan fingerprint density at radius 2 is 1.84 bits per heavy atom. The van der Waals surface area contributed by atoms with E-state index in [0.29, 0.717) is 17.3 Å². The van der Waals surface area contributed by atoms with E-state index in [1.54, 1.807) is 6.07 Å². The highest BCUT2D eigenvalue weighted by molar-refractivity contribution is 7.80. The number of aromatic nitrogens is 1. The first-order chi connectivity index (χ1) is 14.8. The van der Waals surface area contributed by atoms with Gasteiger partial charge in [-0.15, -0.1) is 0 Å². The molecule has 0 radical (unpaired) electrons. The van der Waals surface area contributed by atoms with Gasteiger partial charge in [-0.25, -0.2) is 0 Å². The molecule has 0 bridgehead atoms. The molecule has 1 heterocycles. The number of aryl methyl sites for hydroxylation is 1. The lowest BCUT2D eigenvalue weighted by molar-refractivity contribution is -0.137. The Kier molecular flexibility index (Phi) is 6.23. The summed E-state index contributed by atoms with van der Waals surface area (Å²) >= 11 is 5.73. The van der Waals surface area contributed by atoms with Crippen LogP contribution in [0.25, 0.3) is 10.9 Å². The molecule has 0 saturated heterocycles. The Bertz CT molecular complexity index is 1070. The molecule has 164 valence electrons. The molecule has 0 spiro atoms. The summed E-state index contributed by atoms with van der Waals surface area (Å²) < 4.78 is 41.5. The molecule has 1 saturated carbocycles. The predicted molar refractivity (Wildman–Crippen MR) is 123 cm³/mol. The largest absolute Gasteiger partial charge is 0.416 e.